The summed E-state index contributed by atoms with van der Waals surface area (Å²) in [6.07, 6.45) is 0. The molecule has 0 aliphatic carbocycles. The Hall–Kier alpha value is -7.76. The summed E-state index contributed by atoms with van der Waals surface area (Å²) in [5.74, 6) is 0.655. The predicted molar refractivity (Wildman–Crippen MR) is 234 cm³/mol. The van der Waals surface area contributed by atoms with E-state index in [2.05, 4.69) is 167 Å². The average molecular weight is 729 g/mol. The highest BCUT2D eigenvalue weighted by atomic mass is 16.3. The molecule has 0 unspecified atom stereocenters. The largest absolute Gasteiger partial charge is 0.456 e. The molecule has 5 nitrogen and oxygen atoms in total. The first kappa shape index (κ1) is 31.6. The van der Waals surface area contributed by atoms with E-state index in [1.807, 2.05) is 36.4 Å². The van der Waals surface area contributed by atoms with E-state index >= 15 is 0 Å². The minimum absolute atomic E-state index is 0.655. The molecular weight excluding hydrogens is 697 g/mol. The van der Waals surface area contributed by atoms with Gasteiger partial charge in [0.2, 0.25) is 0 Å². The lowest BCUT2D eigenvalue weighted by Gasteiger charge is -2.10. The van der Waals surface area contributed by atoms with Crippen molar-refractivity contribution in [2.75, 3.05) is 0 Å². The summed E-state index contributed by atoms with van der Waals surface area (Å²) in [5, 5.41) is 7.04. The molecule has 0 saturated carbocycles. The summed E-state index contributed by atoms with van der Waals surface area (Å²) in [5.41, 5.74) is 13.3. The number of benzene rings is 8. The Labute approximate surface area is 327 Å². The summed E-state index contributed by atoms with van der Waals surface area (Å²) in [6.45, 7) is 0. The molecule has 0 spiro atoms. The predicted octanol–water partition coefficient (Wildman–Crippen LogP) is 13.6. The van der Waals surface area contributed by atoms with Crippen LogP contribution in [0.4, 0.5) is 0 Å². The van der Waals surface area contributed by atoms with Crippen LogP contribution in [0.3, 0.4) is 0 Å². The highest BCUT2D eigenvalue weighted by Gasteiger charge is 2.21. The molecule has 0 saturated heterocycles. The zero-order valence-corrected chi connectivity index (χ0v) is 30.7. The Balaban J connectivity index is 1.04. The fraction of sp³-hybridized carbons (Fsp3) is 0. The SMILES string of the molecule is c1ccc(-c2cc(-c3ccccc3)nc(-c3ccc4c(c3)oc3ccc(-n5c6ccccc6c6c5ccc5c7ccccc7n(-c7ccccc7)c56)cc34)n2)cc1. The normalized spacial score (nSPS) is 11.9. The molecule has 12 aromatic rings. The smallest absolute Gasteiger partial charge is 0.160 e. The molecule has 0 bridgehead atoms. The van der Waals surface area contributed by atoms with Crippen molar-refractivity contribution in [2.24, 2.45) is 0 Å². The quantitative estimate of drug-likeness (QED) is 0.177. The lowest BCUT2D eigenvalue weighted by Crippen LogP contribution is -1.95. The summed E-state index contributed by atoms with van der Waals surface area (Å²) in [7, 11) is 0. The molecule has 12 rings (SSSR count). The molecule has 266 valence electrons. The van der Waals surface area contributed by atoms with E-state index in [9.17, 15) is 0 Å². The fourth-order valence-corrected chi connectivity index (χ4v) is 8.77. The zero-order valence-electron chi connectivity index (χ0n) is 30.7. The van der Waals surface area contributed by atoms with E-state index in [1.54, 1.807) is 0 Å². The van der Waals surface area contributed by atoms with Crippen LogP contribution in [0.2, 0.25) is 0 Å². The molecule has 0 aliphatic heterocycles. The number of nitrogens with zero attached hydrogens (tertiary/aromatic N) is 4. The van der Waals surface area contributed by atoms with Crippen LogP contribution >= 0.6 is 0 Å². The third-order valence-corrected chi connectivity index (χ3v) is 11.3. The second-order valence-corrected chi connectivity index (χ2v) is 14.6. The van der Waals surface area contributed by atoms with Gasteiger partial charge in [-0.25, -0.2) is 9.97 Å². The monoisotopic (exact) mass is 728 g/mol. The highest BCUT2D eigenvalue weighted by molar-refractivity contribution is 6.26. The van der Waals surface area contributed by atoms with Crippen LogP contribution < -0.4 is 0 Å². The van der Waals surface area contributed by atoms with Gasteiger partial charge in [0.15, 0.2) is 5.82 Å². The average Bonchev–Trinajstić information content (AvgIpc) is 3.94. The first-order valence-electron chi connectivity index (χ1n) is 19.2. The molecule has 0 N–H and O–H groups in total. The molecular formula is C52H32N4O. The van der Waals surface area contributed by atoms with Gasteiger partial charge in [0.25, 0.3) is 0 Å². The number of rotatable bonds is 5. The second-order valence-electron chi connectivity index (χ2n) is 14.6. The van der Waals surface area contributed by atoms with Gasteiger partial charge < -0.3 is 13.6 Å². The minimum atomic E-state index is 0.655. The summed E-state index contributed by atoms with van der Waals surface area (Å²) < 4.78 is 11.4. The van der Waals surface area contributed by atoms with Crippen molar-refractivity contribution >= 4 is 65.6 Å². The number of hydrogen-bond acceptors (Lipinski definition) is 3. The first-order chi connectivity index (χ1) is 28.3. The van der Waals surface area contributed by atoms with Crippen LogP contribution in [0.5, 0.6) is 0 Å². The van der Waals surface area contributed by atoms with Gasteiger partial charge >= 0.3 is 0 Å². The number of aromatic nitrogens is 4. The number of furan rings is 1. The van der Waals surface area contributed by atoms with Crippen LogP contribution in [-0.2, 0) is 0 Å². The van der Waals surface area contributed by atoms with E-state index in [0.29, 0.717) is 5.82 Å². The van der Waals surface area contributed by atoms with Crippen LogP contribution in [0.15, 0.2) is 199 Å². The van der Waals surface area contributed by atoms with Crippen LogP contribution in [0, 0.1) is 0 Å². The maximum atomic E-state index is 6.58. The molecule has 4 heterocycles. The standard InChI is InChI=1S/C52H32N4O/c1-4-14-33(15-5-1)43-32-44(34-16-6-2-7-17-34)54-52(53-43)35-24-26-39-42-31-37(25-29-48(42)57-49(39)30-35)55-46-23-13-11-21-41(46)50-47(55)28-27-40-38-20-10-12-22-45(38)56(51(40)50)36-18-8-3-9-19-36/h1-32H. The Morgan fingerprint density at radius 1 is 0.351 bits per heavy atom. The molecule has 8 aromatic carbocycles. The molecule has 0 aliphatic rings. The number of para-hydroxylation sites is 3. The summed E-state index contributed by atoms with van der Waals surface area (Å²) in [4.78, 5) is 10.1. The summed E-state index contributed by atoms with van der Waals surface area (Å²) >= 11 is 0. The van der Waals surface area contributed by atoms with Gasteiger partial charge in [0, 0.05) is 60.4 Å². The summed E-state index contributed by atoms with van der Waals surface area (Å²) in [6, 6.07) is 68.3. The van der Waals surface area contributed by atoms with E-state index in [4.69, 9.17) is 14.4 Å². The topological polar surface area (TPSA) is 48.8 Å². The van der Waals surface area contributed by atoms with Gasteiger partial charge in [-0.3, -0.25) is 0 Å². The number of hydrogen-bond donors (Lipinski definition) is 0. The van der Waals surface area contributed by atoms with Crippen molar-refractivity contribution in [3.8, 4) is 45.3 Å². The van der Waals surface area contributed by atoms with Crippen molar-refractivity contribution in [1.29, 1.82) is 0 Å². The molecule has 57 heavy (non-hydrogen) atoms. The van der Waals surface area contributed by atoms with E-state index < -0.39 is 0 Å². The number of fused-ring (bicyclic) bond motifs is 10. The van der Waals surface area contributed by atoms with Crippen molar-refractivity contribution in [3.05, 3.63) is 194 Å². The Kier molecular flexibility index (Phi) is 6.86. The van der Waals surface area contributed by atoms with E-state index in [1.165, 1.54) is 32.6 Å². The van der Waals surface area contributed by atoms with Crippen LogP contribution in [0.25, 0.3) is 111 Å². The molecule has 0 radical (unpaired) electrons. The first-order valence-corrected chi connectivity index (χ1v) is 19.2. The Morgan fingerprint density at radius 2 is 0.965 bits per heavy atom. The van der Waals surface area contributed by atoms with E-state index in [0.717, 1.165) is 72.4 Å². The van der Waals surface area contributed by atoms with Crippen molar-refractivity contribution in [3.63, 3.8) is 0 Å². The Bertz CT molecular complexity index is 3450. The van der Waals surface area contributed by atoms with Crippen molar-refractivity contribution < 1.29 is 4.42 Å². The van der Waals surface area contributed by atoms with Crippen molar-refractivity contribution in [1.82, 2.24) is 19.1 Å². The third kappa shape index (κ3) is 4.89. The molecule has 0 atom stereocenters. The van der Waals surface area contributed by atoms with Gasteiger partial charge in [0.1, 0.15) is 11.2 Å². The molecule has 5 heteroatoms. The highest BCUT2D eigenvalue weighted by Crippen LogP contribution is 2.43. The van der Waals surface area contributed by atoms with Gasteiger partial charge in [-0.15, -0.1) is 0 Å². The van der Waals surface area contributed by atoms with Crippen molar-refractivity contribution in [2.45, 2.75) is 0 Å². The van der Waals surface area contributed by atoms with Crippen LogP contribution in [0.1, 0.15) is 0 Å². The third-order valence-electron chi connectivity index (χ3n) is 11.3. The fourth-order valence-electron chi connectivity index (χ4n) is 8.77. The maximum absolute atomic E-state index is 6.58. The van der Waals surface area contributed by atoms with Gasteiger partial charge in [-0.05, 0) is 66.7 Å². The molecule has 0 fully saturated rings. The van der Waals surface area contributed by atoms with E-state index in [-0.39, 0.29) is 0 Å². The van der Waals surface area contributed by atoms with Gasteiger partial charge in [0.05, 0.1) is 33.5 Å². The van der Waals surface area contributed by atoms with Gasteiger partial charge in [-0.2, -0.15) is 0 Å². The second kappa shape index (κ2) is 12.4. The lowest BCUT2D eigenvalue weighted by molar-refractivity contribution is 0.669. The zero-order chi connectivity index (χ0) is 37.5. The molecule has 4 aromatic heterocycles. The van der Waals surface area contributed by atoms with Crippen LogP contribution in [-0.4, -0.2) is 19.1 Å². The minimum Gasteiger partial charge on any atom is -0.456 e. The van der Waals surface area contributed by atoms with Gasteiger partial charge in [-0.1, -0.05) is 127 Å². The Morgan fingerprint density at radius 3 is 1.68 bits per heavy atom. The lowest BCUT2D eigenvalue weighted by atomic mass is 10.1. The maximum Gasteiger partial charge on any atom is 0.160 e. The molecule has 0 amide bonds.